The summed E-state index contributed by atoms with van der Waals surface area (Å²) in [7, 11) is 0. The van der Waals surface area contributed by atoms with Gasteiger partial charge in [0.25, 0.3) is 5.91 Å². The molecule has 5 nitrogen and oxygen atoms in total. The normalized spacial score (nSPS) is 19.7. The standard InChI is InChI=1S/C23H27N3O2/c1-2-28-20-12-10-19(11-13-20)22-16-21(18-8-4-3-5-9-18)24-26(22)23(27)17-25-14-6-7-15-25/h3-5,8-13,22H,2,6-7,14-17H2,1H3/t22-/m1/s1. The van der Waals surface area contributed by atoms with Crippen molar-refractivity contribution in [2.45, 2.75) is 32.2 Å². The first kappa shape index (κ1) is 18.7. The highest BCUT2D eigenvalue weighted by molar-refractivity contribution is 6.03. The number of hydrogen-bond donors (Lipinski definition) is 0. The first-order valence-electron chi connectivity index (χ1n) is 10.1. The molecule has 0 spiro atoms. The van der Waals surface area contributed by atoms with Gasteiger partial charge >= 0.3 is 0 Å². The van der Waals surface area contributed by atoms with E-state index in [9.17, 15) is 4.79 Å². The van der Waals surface area contributed by atoms with E-state index in [1.54, 1.807) is 5.01 Å². The lowest BCUT2D eigenvalue weighted by molar-refractivity contribution is -0.134. The molecule has 2 aromatic rings. The first-order chi connectivity index (χ1) is 13.7. The van der Waals surface area contributed by atoms with E-state index < -0.39 is 0 Å². The van der Waals surface area contributed by atoms with Gasteiger partial charge in [0.15, 0.2) is 0 Å². The Morgan fingerprint density at radius 1 is 1.07 bits per heavy atom. The van der Waals surface area contributed by atoms with Crippen molar-refractivity contribution < 1.29 is 9.53 Å². The number of likely N-dealkylation sites (tertiary alicyclic amines) is 1. The molecule has 4 rings (SSSR count). The topological polar surface area (TPSA) is 45.1 Å². The largest absolute Gasteiger partial charge is 0.494 e. The van der Waals surface area contributed by atoms with Gasteiger partial charge in [-0.15, -0.1) is 0 Å². The van der Waals surface area contributed by atoms with Crippen LogP contribution in [0, 0.1) is 0 Å². The number of ether oxygens (including phenoxy) is 1. The molecule has 2 aliphatic rings. The van der Waals surface area contributed by atoms with Crippen LogP contribution in [0.4, 0.5) is 0 Å². The number of hydrogen-bond acceptors (Lipinski definition) is 4. The molecule has 2 aliphatic heterocycles. The van der Waals surface area contributed by atoms with Crippen molar-refractivity contribution in [3.63, 3.8) is 0 Å². The quantitative estimate of drug-likeness (QED) is 0.768. The second-order valence-electron chi connectivity index (χ2n) is 7.36. The third-order valence-electron chi connectivity index (χ3n) is 5.41. The molecule has 146 valence electrons. The van der Waals surface area contributed by atoms with Gasteiger partial charge in [-0.3, -0.25) is 9.69 Å². The molecule has 1 amide bonds. The van der Waals surface area contributed by atoms with Crippen LogP contribution in [0.1, 0.15) is 43.4 Å². The molecule has 0 unspecified atom stereocenters. The number of carbonyl (C=O) groups is 1. The van der Waals surface area contributed by atoms with Crippen molar-refractivity contribution in [3.8, 4) is 5.75 Å². The van der Waals surface area contributed by atoms with Gasteiger partial charge in [-0.2, -0.15) is 5.10 Å². The molecular weight excluding hydrogens is 350 g/mol. The van der Waals surface area contributed by atoms with Gasteiger partial charge in [-0.1, -0.05) is 42.5 Å². The number of amides is 1. The van der Waals surface area contributed by atoms with E-state index in [1.165, 1.54) is 12.8 Å². The molecular formula is C23H27N3O2. The lowest BCUT2D eigenvalue weighted by atomic mass is 9.98. The maximum absolute atomic E-state index is 13.1. The minimum Gasteiger partial charge on any atom is -0.494 e. The smallest absolute Gasteiger partial charge is 0.257 e. The van der Waals surface area contributed by atoms with E-state index in [-0.39, 0.29) is 11.9 Å². The summed E-state index contributed by atoms with van der Waals surface area (Å²) in [6.07, 6.45) is 3.08. The number of rotatable bonds is 6. The minimum absolute atomic E-state index is 0.0685. The zero-order valence-electron chi connectivity index (χ0n) is 16.4. The summed E-state index contributed by atoms with van der Waals surface area (Å²) in [6.45, 7) is 5.07. The lowest BCUT2D eigenvalue weighted by Crippen LogP contribution is -2.36. The Bertz CT molecular complexity index is 827. The zero-order chi connectivity index (χ0) is 19.3. The van der Waals surface area contributed by atoms with Crippen LogP contribution in [-0.2, 0) is 4.79 Å². The summed E-state index contributed by atoms with van der Waals surface area (Å²) in [6, 6.07) is 18.1. The highest BCUT2D eigenvalue weighted by atomic mass is 16.5. The van der Waals surface area contributed by atoms with E-state index in [4.69, 9.17) is 9.84 Å². The second kappa shape index (κ2) is 8.57. The summed E-state index contributed by atoms with van der Waals surface area (Å²) >= 11 is 0. The molecule has 0 radical (unpaired) electrons. The summed E-state index contributed by atoms with van der Waals surface area (Å²) < 4.78 is 5.56. The maximum Gasteiger partial charge on any atom is 0.257 e. The van der Waals surface area contributed by atoms with Crippen molar-refractivity contribution in [1.82, 2.24) is 9.91 Å². The SMILES string of the molecule is CCOc1ccc([C@H]2CC(c3ccccc3)=NN2C(=O)CN2CCCC2)cc1. The summed E-state index contributed by atoms with van der Waals surface area (Å²) in [5.74, 6) is 0.926. The third kappa shape index (κ3) is 4.09. The zero-order valence-corrected chi connectivity index (χ0v) is 16.4. The van der Waals surface area contributed by atoms with E-state index in [1.807, 2.05) is 37.3 Å². The Morgan fingerprint density at radius 2 is 1.79 bits per heavy atom. The maximum atomic E-state index is 13.1. The Balaban J connectivity index is 1.58. The van der Waals surface area contributed by atoms with Gasteiger partial charge in [0, 0.05) is 6.42 Å². The van der Waals surface area contributed by atoms with E-state index >= 15 is 0 Å². The molecule has 28 heavy (non-hydrogen) atoms. The minimum atomic E-state index is -0.0685. The molecule has 1 atom stereocenters. The second-order valence-corrected chi connectivity index (χ2v) is 7.36. The highest BCUT2D eigenvalue weighted by Crippen LogP contribution is 2.33. The molecule has 1 fully saturated rings. The van der Waals surface area contributed by atoms with Crippen LogP contribution < -0.4 is 4.74 Å². The van der Waals surface area contributed by atoms with Gasteiger partial charge in [0.1, 0.15) is 5.75 Å². The average Bonchev–Trinajstić information content (AvgIpc) is 3.39. The Morgan fingerprint density at radius 3 is 2.46 bits per heavy atom. The molecule has 1 saturated heterocycles. The van der Waals surface area contributed by atoms with Crippen LogP contribution in [0.15, 0.2) is 59.7 Å². The van der Waals surface area contributed by atoms with Gasteiger partial charge in [-0.25, -0.2) is 5.01 Å². The van der Waals surface area contributed by atoms with Crippen molar-refractivity contribution in [2.75, 3.05) is 26.2 Å². The first-order valence-corrected chi connectivity index (χ1v) is 10.1. The van der Waals surface area contributed by atoms with E-state index in [0.29, 0.717) is 13.2 Å². The fraction of sp³-hybridized carbons (Fsp3) is 0.391. The Kier molecular flexibility index (Phi) is 5.72. The van der Waals surface area contributed by atoms with Gasteiger partial charge in [-0.05, 0) is 56.1 Å². The van der Waals surface area contributed by atoms with Gasteiger partial charge in [0.05, 0.1) is 24.9 Å². The van der Waals surface area contributed by atoms with Crippen molar-refractivity contribution in [2.24, 2.45) is 5.10 Å². The molecule has 0 saturated carbocycles. The number of benzene rings is 2. The van der Waals surface area contributed by atoms with Crippen molar-refractivity contribution >= 4 is 11.6 Å². The average molecular weight is 377 g/mol. The van der Waals surface area contributed by atoms with Crippen LogP contribution in [-0.4, -0.2) is 47.8 Å². The molecule has 2 aromatic carbocycles. The van der Waals surface area contributed by atoms with Crippen molar-refractivity contribution in [3.05, 3.63) is 65.7 Å². The number of hydrazone groups is 1. The summed E-state index contributed by atoms with van der Waals surface area (Å²) in [5.41, 5.74) is 3.14. The van der Waals surface area contributed by atoms with E-state index in [2.05, 4.69) is 29.2 Å². The summed E-state index contributed by atoms with van der Waals surface area (Å²) in [5, 5.41) is 6.46. The van der Waals surface area contributed by atoms with Crippen LogP contribution >= 0.6 is 0 Å². The lowest BCUT2D eigenvalue weighted by Gasteiger charge is -2.24. The highest BCUT2D eigenvalue weighted by Gasteiger charge is 2.34. The fourth-order valence-electron chi connectivity index (χ4n) is 3.96. The Hall–Kier alpha value is -2.66. The molecule has 0 aliphatic carbocycles. The van der Waals surface area contributed by atoms with Crippen molar-refractivity contribution in [1.29, 1.82) is 0 Å². The fourth-order valence-corrected chi connectivity index (χ4v) is 3.96. The molecule has 5 heteroatoms. The van der Waals surface area contributed by atoms with Crippen LogP contribution in [0.25, 0.3) is 0 Å². The predicted octanol–water partition coefficient (Wildman–Crippen LogP) is 3.86. The molecule has 2 heterocycles. The number of carbonyl (C=O) groups excluding carboxylic acids is 1. The third-order valence-corrected chi connectivity index (χ3v) is 5.41. The van der Waals surface area contributed by atoms with Gasteiger partial charge < -0.3 is 4.74 Å². The molecule has 0 N–H and O–H groups in total. The molecule has 0 bridgehead atoms. The van der Waals surface area contributed by atoms with E-state index in [0.717, 1.165) is 42.1 Å². The molecule has 0 aromatic heterocycles. The Labute approximate surface area is 166 Å². The predicted molar refractivity (Wildman–Crippen MR) is 110 cm³/mol. The van der Waals surface area contributed by atoms with Crippen LogP contribution in [0.5, 0.6) is 5.75 Å². The van der Waals surface area contributed by atoms with Gasteiger partial charge in [0.2, 0.25) is 0 Å². The monoisotopic (exact) mass is 377 g/mol. The summed E-state index contributed by atoms with van der Waals surface area (Å²) in [4.78, 5) is 15.3. The number of nitrogens with zero attached hydrogens (tertiary/aromatic N) is 3. The van der Waals surface area contributed by atoms with Crippen LogP contribution in [0.2, 0.25) is 0 Å². The van der Waals surface area contributed by atoms with Crippen LogP contribution in [0.3, 0.4) is 0 Å².